The van der Waals surface area contributed by atoms with Gasteiger partial charge in [0.1, 0.15) is 17.1 Å². The second-order valence-corrected chi connectivity index (χ2v) is 8.03. The number of methoxy groups -OCH3 is 2. The zero-order chi connectivity index (χ0) is 21.8. The molecule has 1 N–H and O–H groups in total. The minimum absolute atomic E-state index is 0.127. The Bertz CT molecular complexity index is 721. The number of carboxylic acid groups (broad SMARTS) is 1. The molecule has 9 nitrogen and oxygen atoms in total. The zero-order valence-corrected chi connectivity index (χ0v) is 18.0. The minimum atomic E-state index is -0.900. The van der Waals surface area contributed by atoms with Crippen LogP contribution in [0.5, 0.6) is 0 Å². The van der Waals surface area contributed by atoms with Crippen molar-refractivity contribution in [3.05, 3.63) is 23.4 Å². The fraction of sp³-hybridized carbons (Fsp3) is 0.650. The van der Waals surface area contributed by atoms with E-state index >= 15 is 0 Å². The number of carbonyl (C=O) groups excluding carboxylic acids is 1. The molecule has 2 heterocycles. The third-order valence-electron chi connectivity index (χ3n) is 4.81. The molecular formula is C20H31N3O6. The largest absolute Gasteiger partial charge is 0.465 e. The van der Waals surface area contributed by atoms with Crippen molar-refractivity contribution < 1.29 is 28.9 Å². The number of amides is 2. The summed E-state index contributed by atoms with van der Waals surface area (Å²) >= 11 is 0. The number of hydrogen-bond acceptors (Lipinski definition) is 6. The van der Waals surface area contributed by atoms with Crippen molar-refractivity contribution in [1.29, 1.82) is 0 Å². The van der Waals surface area contributed by atoms with Gasteiger partial charge < -0.3 is 24.2 Å². The summed E-state index contributed by atoms with van der Waals surface area (Å²) in [5.41, 5.74) is 0.898. The van der Waals surface area contributed by atoms with Crippen molar-refractivity contribution in [1.82, 2.24) is 9.88 Å². The highest BCUT2D eigenvalue weighted by Crippen LogP contribution is 2.34. The molecule has 0 radical (unpaired) electrons. The topological polar surface area (TPSA) is 101 Å². The van der Waals surface area contributed by atoms with Gasteiger partial charge in [0.2, 0.25) is 6.29 Å². The normalized spacial score (nSPS) is 15.5. The Hall–Kier alpha value is -2.39. The van der Waals surface area contributed by atoms with Crippen LogP contribution >= 0.6 is 0 Å². The molecule has 9 heteroatoms. The summed E-state index contributed by atoms with van der Waals surface area (Å²) in [5, 5.41) is 9.17. The summed E-state index contributed by atoms with van der Waals surface area (Å²) in [4.78, 5) is 31.0. The number of piperidine rings is 1. The second kappa shape index (κ2) is 9.41. The van der Waals surface area contributed by atoms with Gasteiger partial charge in [-0.15, -0.1) is 0 Å². The Morgan fingerprint density at radius 2 is 1.79 bits per heavy atom. The van der Waals surface area contributed by atoms with E-state index in [1.165, 1.54) is 24.0 Å². The Balaban J connectivity index is 2.31. The molecule has 29 heavy (non-hydrogen) atoms. The van der Waals surface area contributed by atoms with E-state index in [2.05, 4.69) is 4.98 Å². The first-order valence-electron chi connectivity index (χ1n) is 9.58. The van der Waals surface area contributed by atoms with Crippen LogP contribution < -0.4 is 4.90 Å². The maximum absolute atomic E-state index is 12.4. The lowest BCUT2D eigenvalue weighted by atomic mass is 9.88. The second-order valence-electron chi connectivity index (χ2n) is 8.03. The molecule has 1 aromatic rings. The molecule has 0 saturated carbocycles. The van der Waals surface area contributed by atoms with Gasteiger partial charge in [0.05, 0.1) is 0 Å². The van der Waals surface area contributed by atoms with Gasteiger partial charge in [-0.3, -0.25) is 4.90 Å². The van der Waals surface area contributed by atoms with E-state index in [0.29, 0.717) is 37.4 Å². The maximum atomic E-state index is 12.4. The van der Waals surface area contributed by atoms with E-state index in [1.807, 2.05) is 6.07 Å². The van der Waals surface area contributed by atoms with E-state index in [1.54, 1.807) is 33.9 Å². The molecule has 0 aliphatic carbocycles. The first-order chi connectivity index (χ1) is 13.6. The summed E-state index contributed by atoms with van der Waals surface area (Å²) in [7, 11) is 4.65. The van der Waals surface area contributed by atoms with E-state index in [-0.39, 0.29) is 5.92 Å². The summed E-state index contributed by atoms with van der Waals surface area (Å²) in [6.07, 6.45) is -0.743. The number of nitrogens with zero attached hydrogens (tertiary/aromatic N) is 3. The van der Waals surface area contributed by atoms with Crippen molar-refractivity contribution in [3.63, 3.8) is 0 Å². The third-order valence-corrected chi connectivity index (χ3v) is 4.81. The smallest absolute Gasteiger partial charge is 0.415 e. The molecule has 0 atom stereocenters. The minimum Gasteiger partial charge on any atom is -0.465 e. The van der Waals surface area contributed by atoms with Crippen molar-refractivity contribution in [3.8, 4) is 0 Å². The molecule has 0 unspecified atom stereocenters. The summed E-state index contributed by atoms with van der Waals surface area (Å²) in [5.74, 6) is 0.543. The number of likely N-dealkylation sites (tertiary alicyclic amines) is 1. The Morgan fingerprint density at radius 3 is 2.28 bits per heavy atom. The number of anilines is 1. The lowest BCUT2D eigenvalue weighted by Crippen LogP contribution is -2.37. The van der Waals surface area contributed by atoms with Crippen LogP contribution in [0, 0.1) is 0 Å². The summed E-state index contributed by atoms with van der Waals surface area (Å²) in [6, 6.07) is 3.67. The average molecular weight is 409 g/mol. The van der Waals surface area contributed by atoms with Gasteiger partial charge in [-0.05, 0) is 51.2 Å². The van der Waals surface area contributed by atoms with E-state index in [4.69, 9.17) is 19.3 Å². The highest BCUT2D eigenvalue weighted by atomic mass is 16.7. The predicted octanol–water partition coefficient (Wildman–Crippen LogP) is 3.60. The number of pyridine rings is 1. The van der Waals surface area contributed by atoms with Gasteiger partial charge in [-0.2, -0.15) is 0 Å². The number of hydrogen-bond donors (Lipinski definition) is 1. The highest BCUT2D eigenvalue weighted by molar-refractivity contribution is 5.86. The standard InChI is InChI=1S/C20H31N3O6/c1-20(2,3)29-19(26)22(4)15-8-7-14(16(21-15)17(27-5)28-6)13-9-11-23(12-10-13)18(24)25/h7-8,13,17H,9-12H2,1-6H3,(H,24,25). The van der Waals surface area contributed by atoms with E-state index in [0.717, 1.165) is 5.56 Å². The Kier molecular flexibility index (Phi) is 7.43. The van der Waals surface area contributed by atoms with Gasteiger partial charge in [-0.1, -0.05) is 6.07 Å². The molecule has 1 aliphatic rings. The number of aromatic nitrogens is 1. The van der Waals surface area contributed by atoms with Crippen LogP contribution in [-0.2, 0) is 14.2 Å². The molecule has 1 aromatic heterocycles. The zero-order valence-electron chi connectivity index (χ0n) is 18.0. The summed E-state index contributed by atoms with van der Waals surface area (Å²) < 4.78 is 16.3. The molecule has 1 fully saturated rings. The fourth-order valence-electron chi connectivity index (χ4n) is 3.32. The lowest BCUT2D eigenvalue weighted by Gasteiger charge is -2.32. The molecular weight excluding hydrogens is 378 g/mol. The van der Waals surface area contributed by atoms with Crippen LogP contribution in [0.25, 0.3) is 0 Å². The number of rotatable bonds is 5. The maximum Gasteiger partial charge on any atom is 0.415 e. The Morgan fingerprint density at radius 1 is 1.21 bits per heavy atom. The quantitative estimate of drug-likeness (QED) is 0.741. The Labute approximate surface area is 171 Å². The molecule has 1 aliphatic heterocycles. The number of ether oxygens (including phenoxy) is 3. The fourth-order valence-corrected chi connectivity index (χ4v) is 3.32. The van der Waals surface area contributed by atoms with Crippen molar-refractivity contribution in [2.24, 2.45) is 0 Å². The van der Waals surface area contributed by atoms with Gasteiger partial charge in [0, 0.05) is 34.4 Å². The lowest BCUT2D eigenvalue weighted by molar-refractivity contribution is -0.109. The van der Waals surface area contributed by atoms with Crippen LogP contribution in [0.3, 0.4) is 0 Å². The van der Waals surface area contributed by atoms with Gasteiger partial charge in [0.15, 0.2) is 0 Å². The third kappa shape index (κ3) is 5.80. The van der Waals surface area contributed by atoms with Crippen LogP contribution in [0.2, 0.25) is 0 Å². The van der Waals surface area contributed by atoms with E-state index < -0.39 is 24.1 Å². The number of carbonyl (C=O) groups is 2. The first-order valence-corrected chi connectivity index (χ1v) is 9.58. The highest BCUT2D eigenvalue weighted by Gasteiger charge is 2.29. The van der Waals surface area contributed by atoms with Gasteiger partial charge >= 0.3 is 12.2 Å². The van der Waals surface area contributed by atoms with Crippen molar-refractivity contribution in [2.75, 3.05) is 39.3 Å². The van der Waals surface area contributed by atoms with Crippen LogP contribution in [0.4, 0.5) is 15.4 Å². The van der Waals surface area contributed by atoms with Gasteiger partial charge in [-0.25, -0.2) is 14.6 Å². The SMILES string of the molecule is COC(OC)c1nc(N(C)C(=O)OC(C)(C)C)ccc1C1CCN(C(=O)O)CC1. The van der Waals surface area contributed by atoms with Crippen LogP contribution in [0.15, 0.2) is 12.1 Å². The molecule has 0 spiro atoms. The van der Waals surface area contributed by atoms with Gasteiger partial charge in [0.25, 0.3) is 0 Å². The molecule has 2 amide bonds. The monoisotopic (exact) mass is 409 g/mol. The molecule has 2 rings (SSSR count). The predicted molar refractivity (Wildman–Crippen MR) is 107 cm³/mol. The van der Waals surface area contributed by atoms with Crippen molar-refractivity contribution >= 4 is 18.0 Å². The van der Waals surface area contributed by atoms with E-state index in [9.17, 15) is 9.59 Å². The summed E-state index contributed by atoms with van der Waals surface area (Å²) in [6.45, 7) is 6.33. The van der Waals surface area contributed by atoms with Crippen molar-refractivity contribution in [2.45, 2.75) is 51.4 Å². The molecule has 0 bridgehead atoms. The molecule has 162 valence electrons. The molecule has 0 aromatic carbocycles. The van der Waals surface area contributed by atoms with Crippen LogP contribution in [-0.4, -0.2) is 67.1 Å². The average Bonchev–Trinajstić information content (AvgIpc) is 2.67. The van der Waals surface area contributed by atoms with Crippen LogP contribution in [0.1, 0.15) is 57.1 Å². The first kappa shape index (κ1) is 22.9. The molecule has 1 saturated heterocycles.